The van der Waals surface area contributed by atoms with Gasteiger partial charge in [-0.25, -0.2) is 0 Å². The van der Waals surface area contributed by atoms with Gasteiger partial charge in [-0.2, -0.15) is 0 Å². The third kappa shape index (κ3) is 4.48. The molecule has 1 amide bonds. The highest BCUT2D eigenvalue weighted by molar-refractivity contribution is 6.30. The van der Waals surface area contributed by atoms with Crippen molar-refractivity contribution >= 4 is 23.2 Å². The first-order valence-corrected chi connectivity index (χ1v) is 8.50. The van der Waals surface area contributed by atoms with Crippen LogP contribution in [0.5, 0.6) is 5.75 Å². The molecule has 7 heteroatoms. The number of hydrogen-bond acceptors (Lipinski definition) is 4. The number of rotatable bonds is 7. The predicted octanol–water partition coefficient (Wildman–Crippen LogP) is 2.90. The molecule has 1 unspecified atom stereocenters. The van der Waals surface area contributed by atoms with Crippen LogP contribution >= 0.6 is 11.6 Å². The summed E-state index contributed by atoms with van der Waals surface area (Å²) in [4.78, 5) is 12.1. The molecule has 1 N–H and O–H groups in total. The first-order valence-electron chi connectivity index (χ1n) is 8.12. The normalized spacial score (nSPS) is 12.1. The number of carbonyl (C=O) groups excluding carboxylic acids is 1. The Bertz CT molecular complexity index is 865. The molecular weight excluding hydrogens is 340 g/mol. The van der Waals surface area contributed by atoms with E-state index in [0.29, 0.717) is 17.3 Å². The van der Waals surface area contributed by atoms with Crippen LogP contribution < -0.4 is 10.1 Å². The largest absolute Gasteiger partial charge is 0.481 e. The highest BCUT2D eigenvalue weighted by Crippen LogP contribution is 2.18. The smallest absolute Gasteiger partial charge is 0.260 e. The van der Waals surface area contributed by atoms with Crippen molar-refractivity contribution in [2.24, 2.45) is 0 Å². The number of aryl methyl sites for hydroxylation is 1. The maximum absolute atomic E-state index is 12.1. The summed E-state index contributed by atoms with van der Waals surface area (Å²) in [6.07, 6.45) is 2.84. The van der Waals surface area contributed by atoms with Gasteiger partial charge in [-0.3, -0.25) is 9.20 Å². The van der Waals surface area contributed by atoms with Gasteiger partial charge in [0.25, 0.3) is 5.91 Å². The van der Waals surface area contributed by atoms with Crippen LogP contribution in [0.15, 0.2) is 48.7 Å². The third-order valence-corrected chi connectivity index (χ3v) is 3.97. The molecule has 0 aliphatic rings. The Kier molecular flexibility index (Phi) is 5.50. The van der Waals surface area contributed by atoms with Gasteiger partial charge in [0.1, 0.15) is 11.6 Å². The Balaban J connectivity index is 1.44. The quantitative estimate of drug-likeness (QED) is 0.659. The zero-order valence-corrected chi connectivity index (χ0v) is 14.6. The van der Waals surface area contributed by atoms with E-state index in [1.54, 1.807) is 31.2 Å². The highest BCUT2D eigenvalue weighted by Gasteiger charge is 2.14. The van der Waals surface area contributed by atoms with Gasteiger partial charge in [0, 0.05) is 24.2 Å². The average molecular weight is 359 g/mol. The summed E-state index contributed by atoms with van der Waals surface area (Å²) in [6.45, 7) is 2.26. The number of hydrogen-bond donors (Lipinski definition) is 1. The van der Waals surface area contributed by atoms with Crippen molar-refractivity contribution in [2.45, 2.75) is 25.9 Å². The van der Waals surface area contributed by atoms with Crippen LogP contribution in [-0.4, -0.2) is 33.2 Å². The maximum atomic E-state index is 12.1. The second kappa shape index (κ2) is 7.98. The van der Waals surface area contributed by atoms with Crippen molar-refractivity contribution < 1.29 is 9.53 Å². The highest BCUT2D eigenvalue weighted by atomic mass is 35.5. The van der Waals surface area contributed by atoms with Crippen LogP contribution in [0.25, 0.3) is 5.65 Å². The Morgan fingerprint density at radius 3 is 3.00 bits per heavy atom. The fourth-order valence-electron chi connectivity index (χ4n) is 2.46. The van der Waals surface area contributed by atoms with E-state index in [4.69, 9.17) is 16.3 Å². The van der Waals surface area contributed by atoms with Crippen molar-refractivity contribution in [3.05, 3.63) is 59.5 Å². The molecule has 2 aromatic heterocycles. The second-order valence-corrected chi connectivity index (χ2v) is 6.09. The number of nitrogens with zero attached hydrogens (tertiary/aromatic N) is 3. The van der Waals surface area contributed by atoms with Gasteiger partial charge in [-0.1, -0.05) is 23.7 Å². The van der Waals surface area contributed by atoms with E-state index in [1.165, 1.54) is 0 Å². The maximum Gasteiger partial charge on any atom is 0.260 e. The van der Waals surface area contributed by atoms with Gasteiger partial charge in [0.2, 0.25) is 0 Å². The lowest BCUT2D eigenvalue weighted by molar-refractivity contribution is -0.127. The lowest BCUT2D eigenvalue weighted by atomic mass is 10.2. The SMILES string of the molecule is CC(Oc1cccc(Cl)c1)C(=O)NCCCc1nnc2ccccn12. The van der Waals surface area contributed by atoms with Crippen molar-refractivity contribution in [1.82, 2.24) is 19.9 Å². The van der Waals surface area contributed by atoms with Gasteiger partial charge in [0.05, 0.1) is 0 Å². The number of aromatic nitrogens is 3. The number of amides is 1. The molecule has 0 aliphatic carbocycles. The summed E-state index contributed by atoms with van der Waals surface area (Å²) in [7, 11) is 0. The molecular formula is C18H19ClN4O2. The van der Waals surface area contributed by atoms with Gasteiger partial charge in [-0.15, -0.1) is 10.2 Å². The molecule has 1 atom stereocenters. The van der Waals surface area contributed by atoms with Crippen LogP contribution in [0.4, 0.5) is 0 Å². The molecule has 0 spiro atoms. The van der Waals surface area contributed by atoms with Crippen LogP contribution in [0.2, 0.25) is 5.02 Å². The van der Waals surface area contributed by atoms with E-state index in [2.05, 4.69) is 15.5 Å². The molecule has 1 aromatic carbocycles. The summed E-state index contributed by atoms with van der Waals surface area (Å²) in [5, 5.41) is 11.7. The fraction of sp³-hybridized carbons (Fsp3) is 0.278. The number of benzene rings is 1. The Morgan fingerprint density at radius 2 is 2.16 bits per heavy atom. The van der Waals surface area contributed by atoms with Crippen molar-refractivity contribution in [2.75, 3.05) is 6.54 Å². The molecule has 2 heterocycles. The summed E-state index contributed by atoms with van der Waals surface area (Å²) < 4.78 is 7.55. The summed E-state index contributed by atoms with van der Waals surface area (Å²) in [5.74, 6) is 1.30. The molecule has 0 saturated heterocycles. The van der Waals surface area contributed by atoms with Crippen LogP contribution in [0, 0.1) is 0 Å². The van der Waals surface area contributed by atoms with E-state index in [-0.39, 0.29) is 5.91 Å². The van der Waals surface area contributed by atoms with Gasteiger partial charge < -0.3 is 10.1 Å². The monoisotopic (exact) mass is 358 g/mol. The Morgan fingerprint density at radius 1 is 1.28 bits per heavy atom. The molecule has 0 bridgehead atoms. The van der Waals surface area contributed by atoms with Crippen LogP contribution in [0.3, 0.4) is 0 Å². The van der Waals surface area contributed by atoms with Gasteiger partial charge >= 0.3 is 0 Å². The number of halogens is 1. The van der Waals surface area contributed by atoms with Crippen LogP contribution in [-0.2, 0) is 11.2 Å². The Labute approximate surface area is 150 Å². The van der Waals surface area contributed by atoms with Crippen molar-refractivity contribution in [1.29, 1.82) is 0 Å². The van der Waals surface area contributed by atoms with Crippen LogP contribution in [0.1, 0.15) is 19.2 Å². The van der Waals surface area contributed by atoms with Crippen molar-refractivity contribution in [3.8, 4) is 5.75 Å². The predicted molar refractivity (Wildman–Crippen MR) is 95.9 cm³/mol. The summed E-state index contributed by atoms with van der Waals surface area (Å²) in [6, 6.07) is 12.8. The number of nitrogens with one attached hydrogen (secondary N) is 1. The number of ether oxygens (including phenoxy) is 1. The van der Waals surface area contributed by atoms with E-state index in [9.17, 15) is 4.79 Å². The standard InChI is InChI=1S/C18H19ClN4O2/c1-13(25-15-7-4-6-14(19)12-15)18(24)20-10-5-9-17-22-21-16-8-2-3-11-23(16)17/h2-4,6-8,11-13H,5,9-10H2,1H3,(H,20,24). The third-order valence-electron chi connectivity index (χ3n) is 3.74. The minimum Gasteiger partial charge on any atom is -0.481 e. The number of carbonyl (C=O) groups is 1. The van der Waals surface area contributed by atoms with Gasteiger partial charge in [0.15, 0.2) is 11.8 Å². The molecule has 0 saturated carbocycles. The lowest BCUT2D eigenvalue weighted by Crippen LogP contribution is -2.37. The first-order chi connectivity index (χ1) is 12.1. The molecule has 25 heavy (non-hydrogen) atoms. The lowest BCUT2D eigenvalue weighted by Gasteiger charge is -2.14. The molecule has 0 aliphatic heterocycles. The molecule has 0 radical (unpaired) electrons. The molecule has 3 aromatic rings. The minimum absolute atomic E-state index is 0.161. The minimum atomic E-state index is -0.590. The van der Waals surface area contributed by atoms with E-state index < -0.39 is 6.10 Å². The molecule has 130 valence electrons. The molecule has 6 nitrogen and oxygen atoms in total. The van der Waals surface area contributed by atoms with Crippen molar-refractivity contribution in [3.63, 3.8) is 0 Å². The van der Waals surface area contributed by atoms with E-state index >= 15 is 0 Å². The van der Waals surface area contributed by atoms with E-state index in [1.807, 2.05) is 28.8 Å². The Hall–Kier alpha value is -2.60. The number of pyridine rings is 1. The summed E-state index contributed by atoms with van der Waals surface area (Å²) >= 11 is 5.91. The second-order valence-electron chi connectivity index (χ2n) is 5.66. The number of fused-ring (bicyclic) bond motifs is 1. The zero-order chi connectivity index (χ0) is 17.6. The topological polar surface area (TPSA) is 68.5 Å². The fourth-order valence-corrected chi connectivity index (χ4v) is 2.64. The summed E-state index contributed by atoms with van der Waals surface area (Å²) in [5.41, 5.74) is 0.824. The molecule has 3 rings (SSSR count). The zero-order valence-electron chi connectivity index (χ0n) is 13.9. The van der Waals surface area contributed by atoms with E-state index in [0.717, 1.165) is 24.3 Å². The first kappa shape index (κ1) is 17.2. The molecule has 0 fully saturated rings. The average Bonchev–Trinajstić information content (AvgIpc) is 3.02. The van der Waals surface area contributed by atoms with Gasteiger partial charge in [-0.05, 0) is 43.7 Å².